The van der Waals surface area contributed by atoms with Gasteiger partial charge < -0.3 is 0 Å². The highest BCUT2D eigenvalue weighted by Gasteiger charge is 1.87. The molecule has 0 bridgehead atoms. The smallest absolute Gasteiger partial charge is 0.0348 e. The number of rotatable bonds is 16. The minimum Gasteiger partial charge on any atom is -0.0991 e. The van der Waals surface area contributed by atoms with Gasteiger partial charge in [0.15, 0.2) is 0 Å². The van der Waals surface area contributed by atoms with E-state index in [2.05, 4.69) is 37.8 Å². The van der Waals surface area contributed by atoms with Crippen molar-refractivity contribution in [2.75, 3.05) is 0 Å². The molecular formula is C28H38. The first-order valence-electron chi connectivity index (χ1n) is 10.5. The van der Waals surface area contributed by atoms with Crippen LogP contribution in [-0.4, -0.2) is 0 Å². The Morgan fingerprint density at radius 1 is 0.429 bits per heavy atom. The molecule has 0 spiro atoms. The second-order valence-electron chi connectivity index (χ2n) is 6.30. The van der Waals surface area contributed by atoms with Crippen molar-refractivity contribution in [2.24, 2.45) is 0 Å². The van der Waals surface area contributed by atoms with Crippen molar-refractivity contribution in [1.29, 1.82) is 0 Å². The fourth-order valence-corrected chi connectivity index (χ4v) is 2.26. The summed E-state index contributed by atoms with van der Waals surface area (Å²) in [4.78, 5) is 0. The Balaban J connectivity index is 3.73. The lowest BCUT2D eigenvalue weighted by Crippen LogP contribution is -1.77. The monoisotopic (exact) mass is 374 g/mol. The van der Waals surface area contributed by atoms with Crippen LogP contribution in [0.2, 0.25) is 0 Å². The van der Waals surface area contributed by atoms with E-state index in [0.717, 1.165) is 0 Å². The van der Waals surface area contributed by atoms with Crippen molar-refractivity contribution in [3.63, 3.8) is 0 Å². The third-order valence-electron chi connectivity index (χ3n) is 3.77. The van der Waals surface area contributed by atoms with Gasteiger partial charge in [0.05, 0.1) is 0 Å². The van der Waals surface area contributed by atoms with E-state index in [4.69, 9.17) is 0 Å². The molecule has 0 atom stereocenters. The Hall–Kier alpha value is -2.60. The van der Waals surface area contributed by atoms with Gasteiger partial charge in [-0.3, -0.25) is 0 Å². The molecule has 0 amide bonds. The number of hydrogen-bond donors (Lipinski definition) is 0. The van der Waals surface area contributed by atoms with Crippen LogP contribution >= 0.6 is 0 Å². The summed E-state index contributed by atoms with van der Waals surface area (Å²) in [6.45, 7) is 5.88. The summed E-state index contributed by atoms with van der Waals surface area (Å²) < 4.78 is 0. The van der Waals surface area contributed by atoms with Crippen LogP contribution in [0.25, 0.3) is 0 Å². The van der Waals surface area contributed by atoms with Gasteiger partial charge in [0.1, 0.15) is 0 Å². The maximum Gasteiger partial charge on any atom is -0.0348 e. The maximum absolute atomic E-state index is 3.62. The van der Waals surface area contributed by atoms with Gasteiger partial charge in [0.25, 0.3) is 0 Å². The molecule has 0 saturated carbocycles. The zero-order chi connectivity index (χ0) is 20.4. The fraction of sp³-hybridized carbons (Fsp3) is 0.286. The van der Waals surface area contributed by atoms with Crippen molar-refractivity contribution in [3.05, 3.63) is 122 Å². The number of hydrogen-bond acceptors (Lipinski definition) is 0. The molecule has 0 nitrogen and oxygen atoms in total. The largest absolute Gasteiger partial charge is 0.0991 e. The Kier molecular flexibility index (Phi) is 22.1. The standard InChI is InChI=1S/C28H38/c1-3-5-7-9-11-13-15-17-19-21-23-25-27-28-26-24-22-20-18-16-14-12-10-8-6-4-2/h3,5,7,9,11,13,15,17-28H,1,4,6,8,10,12,14,16H2,2H3. The molecule has 0 heterocycles. The summed E-state index contributed by atoms with van der Waals surface area (Å²) in [5, 5.41) is 0. The van der Waals surface area contributed by atoms with E-state index in [1.807, 2.05) is 85.1 Å². The first kappa shape index (κ1) is 25.4. The van der Waals surface area contributed by atoms with Crippen LogP contribution in [-0.2, 0) is 0 Å². The van der Waals surface area contributed by atoms with Gasteiger partial charge in [0.2, 0.25) is 0 Å². The summed E-state index contributed by atoms with van der Waals surface area (Å²) in [6.07, 6.45) is 47.6. The van der Waals surface area contributed by atoms with Crippen molar-refractivity contribution in [2.45, 2.75) is 51.9 Å². The molecule has 0 aromatic rings. The van der Waals surface area contributed by atoms with Gasteiger partial charge in [-0.05, 0) is 12.8 Å². The Bertz CT molecular complexity index is 598. The normalized spacial score (nSPS) is 13.8. The van der Waals surface area contributed by atoms with Gasteiger partial charge in [-0.2, -0.15) is 0 Å². The lowest BCUT2D eigenvalue weighted by Gasteiger charge is -1.97. The first-order valence-corrected chi connectivity index (χ1v) is 10.5. The van der Waals surface area contributed by atoms with Crippen LogP contribution < -0.4 is 0 Å². The summed E-state index contributed by atoms with van der Waals surface area (Å²) in [5.41, 5.74) is 0. The van der Waals surface area contributed by atoms with Crippen molar-refractivity contribution in [3.8, 4) is 0 Å². The summed E-state index contributed by atoms with van der Waals surface area (Å²) in [5.74, 6) is 0. The number of allylic oxidation sites excluding steroid dienone is 19. The fourth-order valence-electron chi connectivity index (χ4n) is 2.26. The summed E-state index contributed by atoms with van der Waals surface area (Å²) in [6, 6.07) is 0. The predicted molar refractivity (Wildman–Crippen MR) is 130 cm³/mol. The molecule has 0 saturated heterocycles. The second kappa shape index (κ2) is 24.4. The van der Waals surface area contributed by atoms with E-state index in [1.165, 1.54) is 44.9 Å². The highest BCUT2D eigenvalue weighted by atomic mass is 13.9. The number of unbranched alkanes of at least 4 members (excludes halogenated alkanes) is 6. The minimum atomic E-state index is 1.19. The van der Waals surface area contributed by atoms with Crippen LogP contribution in [0.3, 0.4) is 0 Å². The molecule has 0 heteroatoms. The predicted octanol–water partition coefficient (Wildman–Crippen LogP) is 8.93. The molecule has 0 aliphatic rings. The minimum absolute atomic E-state index is 1.19. The van der Waals surface area contributed by atoms with Crippen LogP contribution in [0.4, 0.5) is 0 Å². The van der Waals surface area contributed by atoms with E-state index < -0.39 is 0 Å². The maximum atomic E-state index is 3.62. The average molecular weight is 375 g/mol. The topological polar surface area (TPSA) is 0 Å². The molecule has 28 heavy (non-hydrogen) atoms. The van der Waals surface area contributed by atoms with E-state index in [-0.39, 0.29) is 0 Å². The summed E-state index contributed by atoms with van der Waals surface area (Å²) in [7, 11) is 0. The van der Waals surface area contributed by atoms with E-state index in [1.54, 1.807) is 6.08 Å². The van der Waals surface area contributed by atoms with Gasteiger partial charge in [-0.1, -0.05) is 161 Å². The lowest BCUT2D eigenvalue weighted by atomic mass is 10.1. The molecule has 0 rings (SSSR count). The van der Waals surface area contributed by atoms with Gasteiger partial charge >= 0.3 is 0 Å². The highest BCUT2D eigenvalue weighted by Crippen LogP contribution is 2.07. The summed E-state index contributed by atoms with van der Waals surface area (Å²) >= 11 is 0. The third-order valence-corrected chi connectivity index (χ3v) is 3.77. The molecule has 0 fully saturated rings. The van der Waals surface area contributed by atoms with Crippen molar-refractivity contribution in [1.82, 2.24) is 0 Å². The van der Waals surface area contributed by atoms with Gasteiger partial charge in [-0.25, -0.2) is 0 Å². The molecule has 0 aliphatic carbocycles. The Morgan fingerprint density at radius 2 is 0.786 bits per heavy atom. The van der Waals surface area contributed by atoms with Crippen LogP contribution in [0.5, 0.6) is 0 Å². The molecular weight excluding hydrogens is 336 g/mol. The zero-order valence-electron chi connectivity index (χ0n) is 17.6. The molecule has 0 N–H and O–H groups in total. The van der Waals surface area contributed by atoms with Crippen molar-refractivity contribution >= 4 is 0 Å². The van der Waals surface area contributed by atoms with E-state index in [0.29, 0.717) is 0 Å². The van der Waals surface area contributed by atoms with Gasteiger partial charge in [-0.15, -0.1) is 0 Å². The van der Waals surface area contributed by atoms with Crippen LogP contribution in [0.1, 0.15) is 51.9 Å². The van der Waals surface area contributed by atoms with E-state index in [9.17, 15) is 0 Å². The lowest BCUT2D eigenvalue weighted by molar-refractivity contribution is 0.611. The van der Waals surface area contributed by atoms with E-state index >= 15 is 0 Å². The third kappa shape index (κ3) is 23.4. The molecule has 150 valence electrons. The molecule has 0 aromatic carbocycles. The highest BCUT2D eigenvalue weighted by molar-refractivity contribution is 5.22. The Labute approximate surface area is 174 Å². The first-order chi connectivity index (χ1) is 13.9. The van der Waals surface area contributed by atoms with Gasteiger partial charge in [0, 0.05) is 0 Å². The van der Waals surface area contributed by atoms with Crippen LogP contribution in [0, 0.1) is 0 Å². The molecule has 0 aliphatic heterocycles. The molecule has 0 aromatic heterocycles. The molecule has 0 unspecified atom stereocenters. The zero-order valence-corrected chi connectivity index (χ0v) is 17.6. The SMILES string of the molecule is C=CC=CC=CC=CC=CC=CC=CC=CC=CC=CCCCCCCCC. The van der Waals surface area contributed by atoms with Crippen molar-refractivity contribution < 1.29 is 0 Å². The molecule has 0 radical (unpaired) electrons. The van der Waals surface area contributed by atoms with Crippen LogP contribution in [0.15, 0.2) is 122 Å². The quantitative estimate of drug-likeness (QED) is 0.187. The second-order valence-corrected chi connectivity index (χ2v) is 6.30. The average Bonchev–Trinajstić information content (AvgIpc) is 2.71. The Morgan fingerprint density at radius 3 is 1.21 bits per heavy atom.